The first-order valence-corrected chi connectivity index (χ1v) is 10.2. The monoisotopic (exact) mass is 482 g/mol. The van der Waals surface area contributed by atoms with Gasteiger partial charge in [-0.3, -0.25) is 4.79 Å². The third-order valence-corrected chi connectivity index (χ3v) is 5.46. The van der Waals surface area contributed by atoms with Gasteiger partial charge in [-0.1, -0.05) is 23.4 Å². The van der Waals surface area contributed by atoms with Crippen LogP contribution in [0.5, 0.6) is 0 Å². The van der Waals surface area contributed by atoms with Crippen LogP contribution in [0.25, 0.3) is 16.7 Å². The molecule has 1 N–H and O–H groups in total. The van der Waals surface area contributed by atoms with E-state index >= 15 is 0 Å². The number of hydrogen-bond acceptors (Lipinski definition) is 6. The third-order valence-electron chi connectivity index (χ3n) is 4.17. The van der Waals surface area contributed by atoms with Crippen molar-refractivity contribution in [3.05, 3.63) is 65.5 Å². The molecule has 4 rings (SSSR count). The number of benzene rings is 1. The molecule has 0 radical (unpaired) electrons. The summed E-state index contributed by atoms with van der Waals surface area (Å²) in [6.45, 7) is 0. The first-order valence-electron chi connectivity index (χ1n) is 8.82. The van der Waals surface area contributed by atoms with E-state index in [4.69, 9.17) is 11.6 Å². The van der Waals surface area contributed by atoms with E-state index in [1.165, 1.54) is 29.3 Å². The Bertz CT molecular complexity index is 1300. The van der Waals surface area contributed by atoms with Crippen LogP contribution in [0, 0.1) is 5.82 Å². The zero-order valence-electron chi connectivity index (χ0n) is 15.8. The van der Waals surface area contributed by atoms with Crippen molar-refractivity contribution in [1.29, 1.82) is 0 Å². The Morgan fingerprint density at radius 1 is 1.12 bits per heavy atom. The lowest BCUT2D eigenvalue weighted by Gasteiger charge is -2.10. The Hall–Kier alpha value is -3.25. The van der Waals surface area contributed by atoms with Crippen LogP contribution in [-0.2, 0) is 11.0 Å². The minimum atomic E-state index is -4.59. The average Bonchev–Trinajstić information content (AvgIpc) is 3.18. The lowest BCUT2D eigenvalue weighted by Crippen LogP contribution is -2.16. The Labute approximate surface area is 186 Å². The number of rotatable bonds is 5. The minimum Gasteiger partial charge on any atom is -0.309 e. The summed E-state index contributed by atoms with van der Waals surface area (Å²) in [7, 11) is 0. The maximum atomic E-state index is 13.2. The van der Waals surface area contributed by atoms with Gasteiger partial charge in [-0.2, -0.15) is 18.3 Å². The molecule has 0 saturated carbocycles. The smallest absolute Gasteiger partial charge is 0.309 e. The standard InChI is InChI=1S/C19H11ClF4N6OS/c20-14-5-10(19(22,23)24)6-25-16(14)29-15(31)8-32-18-13-7-28-30(17(13)26-9-27-18)12-3-1-11(21)2-4-12/h1-7,9H,8H2,(H,25,29,31). The Morgan fingerprint density at radius 2 is 1.88 bits per heavy atom. The number of halogens is 5. The van der Waals surface area contributed by atoms with Crippen molar-refractivity contribution in [2.24, 2.45) is 0 Å². The van der Waals surface area contributed by atoms with Crippen LogP contribution >= 0.6 is 23.4 Å². The third kappa shape index (κ3) is 4.65. The molecule has 3 aromatic heterocycles. The maximum Gasteiger partial charge on any atom is 0.417 e. The predicted molar refractivity (Wildman–Crippen MR) is 110 cm³/mol. The average molecular weight is 483 g/mol. The Balaban J connectivity index is 1.48. The highest BCUT2D eigenvalue weighted by Gasteiger charge is 2.31. The second-order valence-electron chi connectivity index (χ2n) is 6.34. The highest BCUT2D eigenvalue weighted by Crippen LogP contribution is 2.32. The number of fused-ring (bicyclic) bond motifs is 1. The van der Waals surface area contributed by atoms with Crippen molar-refractivity contribution >= 4 is 46.1 Å². The van der Waals surface area contributed by atoms with Crippen molar-refractivity contribution < 1.29 is 22.4 Å². The van der Waals surface area contributed by atoms with Crippen LogP contribution < -0.4 is 5.32 Å². The van der Waals surface area contributed by atoms with Gasteiger partial charge < -0.3 is 5.32 Å². The van der Waals surface area contributed by atoms with Gasteiger partial charge >= 0.3 is 6.18 Å². The SMILES string of the molecule is O=C(CSc1ncnc2c1cnn2-c1ccc(F)cc1)Nc1ncc(C(F)(F)F)cc1Cl. The zero-order valence-corrected chi connectivity index (χ0v) is 17.3. The first kappa shape index (κ1) is 22.0. The molecule has 0 aliphatic carbocycles. The summed E-state index contributed by atoms with van der Waals surface area (Å²) in [5.41, 5.74) is 0.0372. The van der Waals surface area contributed by atoms with Crippen molar-refractivity contribution in [3.8, 4) is 5.69 Å². The van der Waals surface area contributed by atoms with Gasteiger partial charge in [0.15, 0.2) is 11.5 Å². The van der Waals surface area contributed by atoms with Crippen LogP contribution in [0.2, 0.25) is 5.02 Å². The lowest BCUT2D eigenvalue weighted by molar-refractivity contribution is -0.137. The van der Waals surface area contributed by atoms with Crippen LogP contribution in [0.4, 0.5) is 23.4 Å². The fourth-order valence-corrected chi connectivity index (χ4v) is 3.67. The summed E-state index contributed by atoms with van der Waals surface area (Å²) in [5.74, 6) is -1.22. The van der Waals surface area contributed by atoms with Gasteiger partial charge in [-0.05, 0) is 30.3 Å². The van der Waals surface area contributed by atoms with Crippen molar-refractivity contribution in [2.75, 3.05) is 11.1 Å². The zero-order chi connectivity index (χ0) is 22.9. The molecule has 0 saturated heterocycles. The number of pyridine rings is 1. The molecule has 0 aliphatic heterocycles. The van der Waals surface area contributed by atoms with E-state index in [-0.39, 0.29) is 22.4 Å². The fraction of sp³-hybridized carbons (Fsp3) is 0.105. The van der Waals surface area contributed by atoms with Gasteiger partial charge in [0.25, 0.3) is 0 Å². The number of hydrogen-bond donors (Lipinski definition) is 1. The normalized spacial score (nSPS) is 11.7. The summed E-state index contributed by atoms with van der Waals surface area (Å²) in [6, 6.07) is 6.37. The Morgan fingerprint density at radius 3 is 2.56 bits per heavy atom. The quantitative estimate of drug-likeness (QED) is 0.251. The van der Waals surface area contributed by atoms with E-state index in [2.05, 4.69) is 25.4 Å². The van der Waals surface area contributed by atoms with Gasteiger partial charge in [0, 0.05) is 6.20 Å². The van der Waals surface area contributed by atoms with Crippen LogP contribution in [0.15, 0.2) is 54.1 Å². The second-order valence-corrected chi connectivity index (χ2v) is 7.71. The van der Waals surface area contributed by atoms with Gasteiger partial charge in [0.1, 0.15) is 17.2 Å². The molecule has 1 amide bonds. The van der Waals surface area contributed by atoms with Gasteiger partial charge in [0.05, 0.1) is 33.6 Å². The number of nitrogens with zero attached hydrogens (tertiary/aromatic N) is 5. The molecule has 32 heavy (non-hydrogen) atoms. The van der Waals surface area contributed by atoms with E-state index in [9.17, 15) is 22.4 Å². The molecule has 0 aliphatic rings. The molecule has 0 spiro atoms. The predicted octanol–water partition coefficient (Wildman–Crippen LogP) is 4.75. The minimum absolute atomic E-state index is 0.118. The largest absolute Gasteiger partial charge is 0.417 e. The molecule has 13 heteroatoms. The molecule has 3 heterocycles. The first-order chi connectivity index (χ1) is 15.2. The van der Waals surface area contributed by atoms with Gasteiger partial charge in [-0.25, -0.2) is 24.0 Å². The molecule has 0 fully saturated rings. The van der Waals surface area contributed by atoms with Crippen molar-refractivity contribution in [3.63, 3.8) is 0 Å². The number of aromatic nitrogens is 5. The number of nitrogens with one attached hydrogen (secondary N) is 1. The summed E-state index contributed by atoms with van der Waals surface area (Å²) in [4.78, 5) is 24.2. The number of amides is 1. The number of carbonyl (C=O) groups excluding carboxylic acids is 1. The van der Waals surface area contributed by atoms with E-state index in [1.54, 1.807) is 12.1 Å². The topological polar surface area (TPSA) is 85.6 Å². The number of alkyl halides is 3. The summed E-state index contributed by atoms with van der Waals surface area (Å²) in [5, 5.41) is 7.32. The maximum absolute atomic E-state index is 13.2. The molecule has 164 valence electrons. The molecule has 1 aromatic carbocycles. The highest BCUT2D eigenvalue weighted by atomic mass is 35.5. The van der Waals surface area contributed by atoms with Crippen LogP contribution in [0.3, 0.4) is 0 Å². The second kappa shape index (κ2) is 8.71. The fourth-order valence-electron chi connectivity index (χ4n) is 2.70. The van der Waals surface area contributed by atoms with Gasteiger partial charge in [-0.15, -0.1) is 0 Å². The van der Waals surface area contributed by atoms with Crippen LogP contribution in [-0.4, -0.2) is 36.4 Å². The molecular weight excluding hydrogens is 472 g/mol. The van der Waals surface area contributed by atoms with Crippen molar-refractivity contribution in [1.82, 2.24) is 24.7 Å². The molecular formula is C19H11ClF4N6OS. The molecule has 4 aromatic rings. The van der Waals surface area contributed by atoms with E-state index in [0.717, 1.165) is 11.8 Å². The van der Waals surface area contributed by atoms with Crippen LogP contribution in [0.1, 0.15) is 5.56 Å². The highest BCUT2D eigenvalue weighted by molar-refractivity contribution is 8.00. The number of carbonyl (C=O) groups is 1. The van der Waals surface area contributed by atoms with Gasteiger partial charge in [0.2, 0.25) is 5.91 Å². The molecule has 7 nitrogen and oxygen atoms in total. The van der Waals surface area contributed by atoms with Crippen molar-refractivity contribution in [2.45, 2.75) is 11.2 Å². The lowest BCUT2D eigenvalue weighted by atomic mass is 10.3. The molecule has 0 atom stereocenters. The summed E-state index contributed by atoms with van der Waals surface area (Å²) in [6.07, 6.45) is -1.18. The van der Waals surface area contributed by atoms with E-state index in [0.29, 0.717) is 34.0 Å². The van der Waals surface area contributed by atoms with E-state index in [1.807, 2.05) is 0 Å². The Kier molecular flexibility index (Phi) is 5.98. The number of thioether (sulfide) groups is 1. The van der Waals surface area contributed by atoms with E-state index < -0.39 is 17.6 Å². The summed E-state index contributed by atoms with van der Waals surface area (Å²) < 4.78 is 52.8. The summed E-state index contributed by atoms with van der Waals surface area (Å²) >= 11 is 6.88. The molecule has 0 bridgehead atoms. The molecule has 0 unspecified atom stereocenters. The number of anilines is 1.